The summed E-state index contributed by atoms with van der Waals surface area (Å²) in [4.78, 5) is 14.5. The minimum Gasteiger partial charge on any atom is -0.337 e. The molecule has 16 heavy (non-hydrogen) atoms. The van der Waals surface area contributed by atoms with Gasteiger partial charge < -0.3 is 10.2 Å². The maximum absolute atomic E-state index is 12.3. The third-order valence-electron chi connectivity index (χ3n) is 4.54. The van der Waals surface area contributed by atoms with E-state index in [1.54, 1.807) is 0 Å². The summed E-state index contributed by atoms with van der Waals surface area (Å²) in [6.07, 6.45) is 2.35. The smallest absolute Gasteiger partial charge is 0.226 e. The van der Waals surface area contributed by atoms with Crippen molar-refractivity contribution in [3.05, 3.63) is 0 Å². The van der Waals surface area contributed by atoms with Crippen molar-refractivity contribution >= 4 is 18.3 Å². The molecule has 0 spiro atoms. The number of nitrogens with one attached hydrogen (secondary N) is 1. The lowest BCUT2D eigenvalue weighted by atomic mass is 10.0. The van der Waals surface area contributed by atoms with Crippen molar-refractivity contribution in [2.75, 3.05) is 19.6 Å². The van der Waals surface area contributed by atoms with Crippen LogP contribution >= 0.6 is 12.4 Å². The largest absolute Gasteiger partial charge is 0.337 e. The van der Waals surface area contributed by atoms with Gasteiger partial charge in [0.1, 0.15) is 0 Å². The molecule has 0 aromatic rings. The highest BCUT2D eigenvalue weighted by molar-refractivity contribution is 5.85. The lowest BCUT2D eigenvalue weighted by molar-refractivity contribution is -0.136. The van der Waals surface area contributed by atoms with Crippen LogP contribution in [0.2, 0.25) is 0 Å². The molecule has 1 N–H and O–H groups in total. The Bertz CT molecular complexity index is 295. The number of hydrogen-bond acceptors (Lipinski definition) is 2. The van der Waals surface area contributed by atoms with Gasteiger partial charge in [0, 0.05) is 18.0 Å². The fraction of sp³-hybridized carbons (Fsp3) is 0.917. The maximum Gasteiger partial charge on any atom is 0.226 e. The Morgan fingerprint density at radius 3 is 2.44 bits per heavy atom. The van der Waals surface area contributed by atoms with Crippen LogP contribution in [-0.2, 0) is 4.79 Å². The first-order valence-corrected chi connectivity index (χ1v) is 6.13. The number of hydrogen-bond donors (Lipinski definition) is 1. The van der Waals surface area contributed by atoms with Gasteiger partial charge in [-0.3, -0.25) is 4.79 Å². The van der Waals surface area contributed by atoms with E-state index in [0.717, 1.165) is 19.6 Å². The highest BCUT2D eigenvalue weighted by Crippen LogP contribution is 2.50. The molecule has 4 heteroatoms. The van der Waals surface area contributed by atoms with Crippen LogP contribution in [0.5, 0.6) is 0 Å². The molecule has 1 aliphatic carbocycles. The summed E-state index contributed by atoms with van der Waals surface area (Å²) in [5.74, 6) is 2.13. The number of amides is 1. The Morgan fingerprint density at radius 1 is 1.31 bits per heavy atom. The van der Waals surface area contributed by atoms with Crippen LogP contribution in [0.3, 0.4) is 0 Å². The van der Waals surface area contributed by atoms with Crippen LogP contribution in [0, 0.1) is 17.8 Å². The van der Waals surface area contributed by atoms with Crippen molar-refractivity contribution in [3.63, 3.8) is 0 Å². The first-order chi connectivity index (χ1) is 7.11. The molecule has 0 aromatic carbocycles. The van der Waals surface area contributed by atoms with Gasteiger partial charge in [0.2, 0.25) is 5.91 Å². The van der Waals surface area contributed by atoms with E-state index in [9.17, 15) is 4.79 Å². The standard InChI is InChI=1S/C12H20N2O.ClH/c1-12(2)4-3-5-14(12)11(15)10-8-6-13-7-9(8)10;/h8-10,13H,3-7H2,1-2H3;1H/t8-,9+,10?;. The summed E-state index contributed by atoms with van der Waals surface area (Å²) in [6, 6.07) is 0. The van der Waals surface area contributed by atoms with Gasteiger partial charge in [0.05, 0.1) is 0 Å². The number of carbonyl (C=O) groups is 1. The number of piperidine rings is 1. The molecule has 1 unspecified atom stereocenters. The van der Waals surface area contributed by atoms with Gasteiger partial charge in [0.25, 0.3) is 0 Å². The van der Waals surface area contributed by atoms with E-state index >= 15 is 0 Å². The van der Waals surface area contributed by atoms with Crippen LogP contribution in [0.25, 0.3) is 0 Å². The van der Waals surface area contributed by atoms with Crippen LogP contribution in [0.4, 0.5) is 0 Å². The van der Waals surface area contributed by atoms with Gasteiger partial charge >= 0.3 is 0 Å². The lowest BCUT2D eigenvalue weighted by Gasteiger charge is -2.32. The SMILES string of the molecule is CC1(C)CCCN1C(=O)C1[C@H]2CNC[C@@H]12.Cl. The van der Waals surface area contributed by atoms with E-state index in [2.05, 4.69) is 24.1 Å². The average molecular weight is 245 g/mol. The fourth-order valence-corrected chi connectivity index (χ4v) is 3.48. The van der Waals surface area contributed by atoms with Crippen LogP contribution in [0.15, 0.2) is 0 Å². The van der Waals surface area contributed by atoms with Gasteiger partial charge in [-0.05, 0) is 51.6 Å². The molecule has 2 saturated heterocycles. The number of rotatable bonds is 1. The van der Waals surface area contributed by atoms with E-state index in [1.165, 1.54) is 12.8 Å². The molecule has 92 valence electrons. The summed E-state index contributed by atoms with van der Waals surface area (Å²) in [6.45, 7) is 7.52. The topological polar surface area (TPSA) is 32.3 Å². The zero-order chi connectivity index (χ0) is 10.6. The number of likely N-dealkylation sites (tertiary alicyclic amines) is 1. The minimum atomic E-state index is 0. The van der Waals surface area contributed by atoms with Crippen molar-refractivity contribution in [2.24, 2.45) is 17.8 Å². The Labute approximate surface area is 103 Å². The Balaban J connectivity index is 0.000000963. The number of fused-ring (bicyclic) bond motifs is 1. The molecule has 3 aliphatic rings. The molecule has 3 atom stereocenters. The minimum absolute atomic E-state index is 0. The molecule has 2 heterocycles. The molecule has 3 nitrogen and oxygen atoms in total. The van der Waals surface area contributed by atoms with Gasteiger partial charge in [-0.1, -0.05) is 0 Å². The van der Waals surface area contributed by atoms with E-state index in [0.29, 0.717) is 23.7 Å². The molecule has 3 rings (SSSR count). The fourth-order valence-electron chi connectivity index (χ4n) is 3.48. The number of carbonyl (C=O) groups excluding carboxylic acids is 1. The summed E-state index contributed by atoms with van der Waals surface area (Å²) in [7, 11) is 0. The predicted molar refractivity (Wildman–Crippen MR) is 65.6 cm³/mol. The first kappa shape index (κ1) is 12.2. The van der Waals surface area contributed by atoms with Crippen molar-refractivity contribution in [2.45, 2.75) is 32.2 Å². The molecule has 2 aliphatic heterocycles. The van der Waals surface area contributed by atoms with Gasteiger partial charge in [0.15, 0.2) is 0 Å². The van der Waals surface area contributed by atoms with E-state index < -0.39 is 0 Å². The van der Waals surface area contributed by atoms with Crippen LogP contribution in [0.1, 0.15) is 26.7 Å². The second-order valence-electron chi connectivity index (χ2n) is 5.92. The average Bonchev–Trinajstić information content (AvgIpc) is 2.58. The van der Waals surface area contributed by atoms with Gasteiger partial charge in [-0.15, -0.1) is 12.4 Å². The zero-order valence-corrected chi connectivity index (χ0v) is 10.8. The van der Waals surface area contributed by atoms with Crippen molar-refractivity contribution < 1.29 is 4.79 Å². The monoisotopic (exact) mass is 244 g/mol. The normalized spacial score (nSPS) is 39.1. The number of nitrogens with zero attached hydrogens (tertiary/aromatic N) is 1. The second kappa shape index (κ2) is 3.88. The molecule has 0 bridgehead atoms. The molecule has 1 saturated carbocycles. The van der Waals surface area contributed by atoms with E-state index in [1.807, 2.05) is 0 Å². The second-order valence-corrected chi connectivity index (χ2v) is 5.92. The molecule has 0 aromatic heterocycles. The molecule has 0 radical (unpaired) electrons. The zero-order valence-electron chi connectivity index (χ0n) is 10.0. The highest BCUT2D eigenvalue weighted by atomic mass is 35.5. The van der Waals surface area contributed by atoms with Gasteiger partial charge in [-0.2, -0.15) is 0 Å². The molecular weight excluding hydrogens is 224 g/mol. The Morgan fingerprint density at radius 2 is 1.94 bits per heavy atom. The summed E-state index contributed by atoms with van der Waals surface area (Å²) in [5, 5.41) is 3.35. The van der Waals surface area contributed by atoms with E-state index in [-0.39, 0.29) is 17.9 Å². The molecule has 1 amide bonds. The lowest BCUT2D eigenvalue weighted by Crippen LogP contribution is -2.44. The highest BCUT2D eigenvalue weighted by Gasteiger charge is 2.59. The summed E-state index contributed by atoms with van der Waals surface area (Å²) in [5.41, 5.74) is 0.112. The third kappa shape index (κ3) is 1.65. The first-order valence-electron chi connectivity index (χ1n) is 6.13. The third-order valence-corrected chi connectivity index (χ3v) is 4.54. The Hall–Kier alpha value is -0.280. The van der Waals surface area contributed by atoms with Crippen molar-refractivity contribution in [3.8, 4) is 0 Å². The Kier molecular flexibility index (Phi) is 2.96. The van der Waals surface area contributed by atoms with Crippen molar-refractivity contribution in [1.82, 2.24) is 10.2 Å². The maximum atomic E-state index is 12.3. The van der Waals surface area contributed by atoms with Gasteiger partial charge in [-0.25, -0.2) is 0 Å². The molecular formula is C12H21ClN2O. The van der Waals surface area contributed by atoms with E-state index in [4.69, 9.17) is 0 Å². The van der Waals surface area contributed by atoms with Crippen LogP contribution < -0.4 is 5.32 Å². The van der Waals surface area contributed by atoms with Crippen molar-refractivity contribution in [1.29, 1.82) is 0 Å². The van der Waals surface area contributed by atoms with Crippen LogP contribution in [-0.4, -0.2) is 36.0 Å². The predicted octanol–water partition coefficient (Wildman–Crippen LogP) is 1.27. The summed E-state index contributed by atoms with van der Waals surface area (Å²) < 4.78 is 0. The summed E-state index contributed by atoms with van der Waals surface area (Å²) >= 11 is 0. The quantitative estimate of drug-likeness (QED) is 0.754. The number of halogens is 1. The molecule has 3 fully saturated rings.